The topological polar surface area (TPSA) is 91.2 Å². The molecule has 0 atom stereocenters. The van der Waals surface area contributed by atoms with E-state index in [1.807, 2.05) is 0 Å². The number of alkyl halides is 5. The van der Waals surface area contributed by atoms with Crippen molar-refractivity contribution in [1.29, 1.82) is 0 Å². The van der Waals surface area contributed by atoms with Gasteiger partial charge in [-0.25, -0.2) is 8.78 Å². The summed E-state index contributed by atoms with van der Waals surface area (Å²) >= 11 is 0. The van der Waals surface area contributed by atoms with Gasteiger partial charge < -0.3 is 16.2 Å². The van der Waals surface area contributed by atoms with Gasteiger partial charge in [0.1, 0.15) is 0 Å². The van der Waals surface area contributed by atoms with Crippen LogP contribution in [0.5, 0.6) is 5.75 Å². The fraction of sp³-hybridized carbons (Fsp3) is 0.333. The van der Waals surface area contributed by atoms with E-state index in [-0.39, 0.29) is 0 Å². The minimum absolute atomic E-state index is 0.558. The van der Waals surface area contributed by atoms with Crippen molar-refractivity contribution >= 4 is 5.91 Å². The molecule has 0 radical (unpaired) electrons. The average molecular weight is 285 g/mol. The molecule has 4 N–H and O–H groups in total. The first-order chi connectivity index (χ1) is 8.67. The maximum atomic E-state index is 12.8. The Morgan fingerprint density at radius 1 is 1.42 bits per heavy atom. The van der Waals surface area contributed by atoms with Crippen LogP contribution in [0.1, 0.15) is 28.0 Å². The van der Waals surface area contributed by atoms with Crippen LogP contribution in [0.4, 0.5) is 22.0 Å². The minimum Gasteiger partial charge on any atom is -0.403 e. The average Bonchev–Trinajstić information content (AvgIpc) is 2.25. The Kier molecular flexibility index (Phi) is 4.24. The summed E-state index contributed by atoms with van der Waals surface area (Å²) in [6, 6.07) is 0. The van der Waals surface area contributed by atoms with Gasteiger partial charge in [-0.3, -0.25) is 9.78 Å². The Morgan fingerprint density at radius 3 is 2.37 bits per heavy atom. The summed E-state index contributed by atoms with van der Waals surface area (Å²) in [6.45, 7) is -0.579. The number of rotatable bonds is 4. The molecule has 106 valence electrons. The Hall–Kier alpha value is -1.97. The lowest BCUT2D eigenvalue weighted by Gasteiger charge is -2.17. The second kappa shape index (κ2) is 5.34. The van der Waals surface area contributed by atoms with E-state index in [9.17, 15) is 26.7 Å². The van der Waals surface area contributed by atoms with E-state index < -0.39 is 47.8 Å². The summed E-state index contributed by atoms with van der Waals surface area (Å²) in [7, 11) is 0. The number of hydrogen-bond acceptors (Lipinski definition) is 4. The second-order valence-electron chi connectivity index (χ2n) is 3.28. The number of pyridine rings is 1. The van der Waals surface area contributed by atoms with E-state index in [4.69, 9.17) is 11.5 Å². The summed E-state index contributed by atoms with van der Waals surface area (Å²) in [5.74, 6) is -2.64. The van der Waals surface area contributed by atoms with E-state index >= 15 is 0 Å². The third-order valence-corrected chi connectivity index (χ3v) is 2.04. The third-order valence-electron chi connectivity index (χ3n) is 2.04. The second-order valence-corrected chi connectivity index (χ2v) is 3.28. The van der Waals surface area contributed by atoms with Gasteiger partial charge in [-0.1, -0.05) is 0 Å². The van der Waals surface area contributed by atoms with Gasteiger partial charge in [0.25, 0.3) is 12.3 Å². The summed E-state index contributed by atoms with van der Waals surface area (Å²) in [5.41, 5.74) is 7.20. The van der Waals surface area contributed by atoms with Crippen LogP contribution in [-0.4, -0.2) is 17.3 Å². The van der Waals surface area contributed by atoms with Crippen LogP contribution in [0.2, 0.25) is 0 Å². The zero-order valence-electron chi connectivity index (χ0n) is 9.17. The molecule has 0 saturated carbocycles. The van der Waals surface area contributed by atoms with Gasteiger partial charge in [-0.2, -0.15) is 0 Å². The highest BCUT2D eigenvalue weighted by Gasteiger charge is 2.36. The molecule has 0 bridgehead atoms. The summed E-state index contributed by atoms with van der Waals surface area (Å²) in [4.78, 5) is 14.3. The molecule has 0 saturated heterocycles. The Morgan fingerprint density at radius 2 is 2.00 bits per heavy atom. The number of carbonyl (C=O) groups is 1. The molecule has 0 aliphatic heterocycles. The zero-order chi connectivity index (χ0) is 14.8. The Balaban J connectivity index is 3.52. The van der Waals surface area contributed by atoms with Crippen molar-refractivity contribution in [3.05, 3.63) is 23.0 Å². The lowest BCUT2D eigenvalue weighted by molar-refractivity contribution is -0.275. The number of nitrogens with two attached hydrogens (primary N) is 2. The lowest BCUT2D eigenvalue weighted by Crippen LogP contribution is -2.23. The fourth-order valence-corrected chi connectivity index (χ4v) is 1.34. The Bertz CT molecular complexity index is 489. The molecule has 5 nitrogen and oxygen atoms in total. The molecule has 1 aromatic heterocycles. The summed E-state index contributed by atoms with van der Waals surface area (Å²) < 4.78 is 65.7. The SMILES string of the molecule is NCc1ncc(C(N)=O)c(C(F)F)c1OC(F)(F)F. The first-order valence-electron chi connectivity index (χ1n) is 4.73. The van der Waals surface area contributed by atoms with Crippen molar-refractivity contribution in [3.63, 3.8) is 0 Å². The number of amides is 1. The van der Waals surface area contributed by atoms with Crippen molar-refractivity contribution in [2.75, 3.05) is 0 Å². The van der Waals surface area contributed by atoms with Crippen molar-refractivity contribution in [3.8, 4) is 5.75 Å². The van der Waals surface area contributed by atoms with Crippen LogP contribution in [-0.2, 0) is 6.54 Å². The lowest BCUT2D eigenvalue weighted by atomic mass is 10.1. The highest BCUT2D eigenvalue weighted by molar-refractivity contribution is 5.94. The zero-order valence-corrected chi connectivity index (χ0v) is 9.17. The molecule has 19 heavy (non-hydrogen) atoms. The highest BCUT2D eigenvalue weighted by atomic mass is 19.4. The van der Waals surface area contributed by atoms with Crippen molar-refractivity contribution in [2.24, 2.45) is 11.5 Å². The molecule has 1 amide bonds. The maximum absolute atomic E-state index is 12.8. The molecule has 10 heteroatoms. The number of halogens is 5. The minimum atomic E-state index is -5.23. The first kappa shape index (κ1) is 15.1. The Labute approximate surface area is 103 Å². The summed E-state index contributed by atoms with van der Waals surface area (Å²) in [6.07, 6.45) is -8.01. The van der Waals surface area contributed by atoms with Gasteiger partial charge in [0.15, 0.2) is 5.75 Å². The van der Waals surface area contributed by atoms with Crippen molar-refractivity contribution in [2.45, 2.75) is 19.3 Å². The fourth-order valence-electron chi connectivity index (χ4n) is 1.34. The largest absolute Gasteiger partial charge is 0.573 e. The predicted molar refractivity (Wildman–Crippen MR) is 52.3 cm³/mol. The number of nitrogens with zero attached hydrogens (tertiary/aromatic N) is 1. The van der Waals surface area contributed by atoms with Gasteiger partial charge in [0.2, 0.25) is 0 Å². The monoisotopic (exact) mass is 285 g/mol. The van der Waals surface area contributed by atoms with E-state index in [1.54, 1.807) is 0 Å². The van der Waals surface area contributed by atoms with Gasteiger partial charge in [-0.15, -0.1) is 13.2 Å². The number of primary amides is 1. The van der Waals surface area contributed by atoms with E-state index in [0.29, 0.717) is 6.20 Å². The predicted octanol–water partition coefficient (Wildman–Crippen LogP) is 1.48. The maximum Gasteiger partial charge on any atom is 0.573 e. The number of ether oxygens (including phenoxy) is 1. The van der Waals surface area contributed by atoms with Crippen LogP contribution in [0.15, 0.2) is 6.20 Å². The van der Waals surface area contributed by atoms with Crippen LogP contribution >= 0.6 is 0 Å². The van der Waals surface area contributed by atoms with E-state index in [2.05, 4.69) is 9.72 Å². The van der Waals surface area contributed by atoms with Gasteiger partial charge in [0, 0.05) is 12.7 Å². The summed E-state index contributed by atoms with van der Waals surface area (Å²) in [5, 5.41) is 0. The molecule has 0 aliphatic rings. The van der Waals surface area contributed by atoms with Crippen molar-refractivity contribution < 1.29 is 31.5 Å². The molecule has 0 spiro atoms. The standard InChI is InChI=1S/C9H8F5N3O2/c10-7(11)5-3(8(16)18)2-17-4(1-15)6(5)19-9(12,13)14/h2,7H,1,15H2,(H2,16,18). The third kappa shape index (κ3) is 3.50. The molecule has 1 rings (SSSR count). The molecule has 0 unspecified atom stereocenters. The molecule has 0 aromatic carbocycles. The quantitative estimate of drug-likeness (QED) is 0.819. The van der Waals surface area contributed by atoms with E-state index in [1.165, 1.54) is 0 Å². The van der Waals surface area contributed by atoms with Crippen molar-refractivity contribution in [1.82, 2.24) is 4.98 Å². The van der Waals surface area contributed by atoms with E-state index in [0.717, 1.165) is 0 Å². The van der Waals surface area contributed by atoms with Crippen LogP contribution in [0, 0.1) is 0 Å². The number of aromatic nitrogens is 1. The molecular formula is C9H8F5N3O2. The van der Waals surface area contributed by atoms with Gasteiger partial charge in [-0.05, 0) is 0 Å². The van der Waals surface area contributed by atoms with Crippen LogP contribution < -0.4 is 16.2 Å². The first-order valence-corrected chi connectivity index (χ1v) is 4.73. The molecule has 1 heterocycles. The smallest absolute Gasteiger partial charge is 0.403 e. The number of hydrogen-bond donors (Lipinski definition) is 2. The van der Waals surface area contributed by atoms with Gasteiger partial charge >= 0.3 is 6.36 Å². The normalized spacial score (nSPS) is 11.7. The number of carbonyl (C=O) groups excluding carboxylic acids is 1. The van der Waals surface area contributed by atoms with Gasteiger partial charge in [0.05, 0.1) is 16.8 Å². The molecule has 0 fully saturated rings. The molecule has 1 aromatic rings. The van der Waals surface area contributed by atoms with Crippen LogP contribution in [0.25, 0.3) is 0 Å². The molecular weight excluding hydrogens is 277 g/mol. The van der Waals surface area contributed by atoms with Crippen LogP contribution in [0.3, 0.4) is 0 Å². The highest BCUT2D eigenvalue weighted by Crippen LogP contribution is 2.37. The molecule has 0 aliphatic carbocycles.